The Morgan fingerprint density at radius 3 is 2.69 bits per heavy atom. The molecule has 9 heteroatoms. The second-order valence-corrected chi connectivity index (χ2v) is 7.25. The summed E-state index contributed by atoms with van der Waals surface area (Å²) in [6.07, 6.45) is -4.61. The van der Waals surface area contributed by atoms with Crippen molar-refractivity contribution in [2.45, 2.75) is 22.7 Å². The van der Waals surface area contributed by atoms with Gasteiger partial charge >= 0.3 is 6.18 Å². The Balaban J connectivity index is 1.69. The van der Waals surface area contributed by atoms with Gasteiger partial charge in [0.2, 0.25) is 11.8 Å². The van der Waals surface area contributed by atoms with Crippen LogP contribution >= 0.6 is 23.4 Å². The third-order valence-electron chi connectivity index (χ3n) is 3.61. The molecule has 1 aliphatic rings. The first-order valence-corrected chi connectivity index (χ1v) is 8.72. The molecule has 1 aliphatic heterocycles. The summed E-state index contributed by atoms with van der Waals surface area (Å²) in [5.41, 5.74) is -0.241. The van der Waals surface area contributed by atoms with E-state index in [-0.39, 0.29) is 12.1 Å². The van der Waals surface area contributed by atoms with Gasteiger partial charge in [0.05, 0.1) is 16.5 Å². The monoisotopic (exact) mass is 400 g/mol. The number of halogens is 4. The number of carbonyl (C=O) groups excluding carboxylic acids is 2. The summed E-state index contributed by atoms with van der Waals surface area (Å²) in [6, 6.07) is 9.70. The van der Waals surface area contributed by atoms with E-state index in [4.69, 9.17) is 11.6 Å². The zero-order valence-corrected chi connectivity index (χ0v) is 14.6. The topological polar surface area (TPSA) is 58.2 Å². The van der Waals surface area contributed by atoms with Crippen molar-refractivity contribution in [3.05, 3.63) is 53.1 Å². The fraction of sp³-hybridized carbons (Fsp3) is 0.176. The molecule has 3 rings (SSSR count). The van der Waals surface area contributed by atoms with Gasteiger partial charge in [-0.15, -0.1) is 11.8 Å². The van der Waals surface area contributed by atoms with Gasteiger partial charge in [-0.05, 0) is 36.4 Å². The van der Waals surface area contributed by atoms with Gasteiger partial charge in [-0.2, -0.15) is 13.2 Å². The number of nitrogens with one attached hydrogen (secondary N) is 2. The highest BCUT2D eigenvalue weighted by Gasteiger charge is 2.34. The van der Waals surface area contributed by atoms with Gasteiger partial charge in [0.1, 0.15) is 0 Å². The average molecular weight is 401 g/mol. The highest BCUT2D eigenvalue weighted by atomic mass is 35.5. The molecule has 1 atom stereocenters. The van der Waals surface area contributed by atoms with Crippen molar-refractivity contribution in [2.24, 2.45) is 0 Å². The summed E-state index contributed by atoms with van der Waals surface area (Å²) in [5.74, 6) is -0.904. The van der Waals surface area contributed by atoms with Gasteiger partial charge in [0.25, 0.3) is 0 Å². The largest absolute Gasteiger partial charge is 0.416 e. The van der Waals surface area contributed by atoms with Crippen LogP contribution in [-0.2, 0) is 15.8 Å². The molecule has 0 spiro atoms. The molecule has 0 saturated heterocycles. The van der Waals surface area contributed by atoms with Gasteiger partial charge in [-0.3, -0.25) is 9.59 Å². The van der Waals surface area contributed by atoms with Gasteiger partial charge in [0.15, 0.2) is 0 Å². The van der Waals surface area contributed by atoms with Crippen LogP contribution in [0.3, 0.4) is 0 Å². The van der Waals surface area contributed by atoms with Gasteiger partial charge in [-0.25, -0.2) is 0 Å². The van der Waals surface area contributed by atoms with Crippen LogP contribution in [0.15, 0.2) is 47.4 Å². The van der Waals surface area contributed by atoms with Crippen molar-refractivity contribution in [3.63, 3.8) is 0 Å². The second-order valence-electron chi connectivity index (χ2n) is 5.57. The van der Waals surface area contributed by atoms with Crippen LogP contribution in [0.25, 0.3) is 0 Å². The highest BCUT2D eigenvalue weighted by molar-refractivity contribution is 8.01. The summed E-state index contributed by atoms with van der Waals surface area (Å²) in [6.45, 7) is 0. The fourth-order valence-corrected chi connectivity index (χ4v) is 3.69. The maximum Gasteiger partial charge on any atom is 0.416 e. The quantitative estimate of drug-likeness (QED) is 0.778. The third-order valence-corrected chi connectivity index (χ3v) is 5.12. The molecule has 0 aromatic heterocycles. The van der Waals surface area contributed by atoms with E-state index < -0.39 is 28.8 Å². The van der Waals surface area contributed by atoms with E-state index in [1.165, 1.54) is 6.07 Å². The summed E-state index contributed by atoms with van der Waals surface area (Å²) >= 11 is 6.90. The van der Waals surface area contributed by atoms with Crippen LogP contribution in [0.1, 0.15) is 12.0 Å². The number of rotatable bonds is 3. The minimum Gasteiger partial charge on any atom is -0.326 e. The maximum atomic E-state index is 12.8. The number of hydrogen-bond acceptors (Lipinski definition) is 3. The van der Waals surface area contributed by atoms with E-state index in [9.17, 15) is 22.8 Å². The molecule has 136 valence electrons. The predicted molar refractivity (Wildman–Crippen MR) is 94.4 cm³/mol. The van der Waals surface area contributed by atoms with E-state index in [1.807, 2.05) is 0 Å². The number of hydrogen-bond donors (Lipinski definition) is 2. The van der Waals surface area contributed by atoms with Crippen molar-refractivity contribution in [3.8, 4) is 0 Å². The molecule has 2 aromatic rings. The van der Waals surface area contributed by atoms with Crippen LogP contribution in [0, 0.1) is 0 Å². The number of alkyl halides is 3. The zero-order chi connectivity index (χ0) is 18.9. The molecular formula is C17H12ClF3N2O2S. The van der Waals surface area contributed by atoms with E-state index >= 15 is 0 Å². The van der Waals surface area contributed by atoms with Gasteiger partial charge in [-0.1, -0.05) is 17.7 Å². The smallest absolute Gasteiger partial charge is 0.326 e. The minimum atomic E-state index is -4.49. The SMILES string of the molecule is O=C(C[C@@H]1Sc2ccc(C(F)(F)F)cc2NC1=O)Nc1cccc(Cl)c1. The molecule has 0 bridgehead atoms. The van der Waals surface area contributed by atoms with E-state index in [2.05, 4.69) is 10.6 Å². The number of thioether (sulfide) groups is 1. The Kier molecular flexibility index (Phi) is 5.15. The molecular weight excluding hydrogens is 389 g/mol. The number of carbonyl (C=O) groups is 2. The maximum absolute atomic E-state index is 12.8. The van der Waals surface area contributed by atoms with Gasteiger partial charge in [0, 0.05) is 22.0 Å². The Hall–Kier alpha value is -2.19. The predicted octanol–water partition coefficient (Wildman–Crippen LogP) is 4.80. The van der Waals surface area contributed by atoms with E-state index in [0.717, 1.165) is 23.9 Å². The molecule has 0 aliphatic carbocycles. The van der Waals surface area contributed by atoms with Gasteiger partial charge < -0.3 is 10.6 Å². The van der Waals surface area contributed by atoms with Crippen molar-refractivity contribution >= 4 is 46.6 Å². The second kappa shape index (κ2) is 7.20. The third kappa shape index (κ3) is 4.31. The van der Waals surface area contributed by atoms with E-state index in [0.29, 0.717) is 15.6 Å². The Morgan fingerprint density at radius 1 is 1.23 bits per heavy atom. The lowest BCUT2D eigenvalue weighted by molar-refractivity contribution is -0.137. The molecule has 26 heavy (non-hydrogen) atoms. The van der Waals surface area contributed by atoms with Crippen molar-refractivity contribution in [1.29, 1.82) is 0 Å². The van der Waals surface area contributed by atoms with Crippen LogP contribution < -0.4 is 10.6 Å². The lowest BCUT2D eigenvalue weighted by atomic mass is 10.1. The normalized spacial score (nSPS) is 16.6. The molecule has 0 saturated carbocycles. The summed E-state index contributed by atoms with van der Waals surface area (Å²) in [5, 5.41) is 4.80. The molecule has 1 heterocycles. The average Bonchev–Trinajstić information content (AvgIpc) is 2.54. The first-order valence-electron chi connectivity index (χ1n) is 7.46. The number of anilines is 2. The lowest BCUT2D eigenvalue weighted by Gasteiger charge is -2.24. The molecule has 2 aromatic carbocycles. The molecule has 4 nitrogen and oxygen atoms in total. The Bertz CT molecular complexity index is 873. The molecule has 0 radical (unpaired) electrons. The fourth-order valence-electron chi connectivity index (χ4n) is 2.41. The molecule has 0 unspecified atom stereocenters. The van der Waals surface area contributed by atoms with Crippen molar-refractivity contribution < 1.29 is 22.8 Å². The van der Waals surface area contributed by atoms with Crippen LogP contribution in [0.5, 0.6) is 0 Å². The number of benzene rings is 2. The first-order chi connectivity index (χ1) is 12.2. The van der Waals surface area contributed by atoms with Crippen molar-refractivity contribution in [1.82, 2.24) is 0 Å². The Morgan fingerprint density at radius 2 is 2.00 bits per heavy atom. The summed E-state index contributed by atoms with van der Waals surface area (Å²) < 4.78 is 38.3. The molecule has 2 amide bonds. The van der Waals surface area contributed by atoms with E-state index in [1.54, 1.807) is 24.3 Å². The first kappa shape index (κ1) is 18.6. The zero-order valence-electron chi connectivity index (χ0n) is 13.1. The van der Waals surface area contributed by atoms with Crippen LogP contribution in [0.4, 0.5) is 24.5 Å². The minimum absolute atomic E-state index is 0.0984. The van der Waals surface area contributed by atoms with Crippen LogP contribution in [0.2, 0.25) is 5.02 Å². The molecule has 2 N–H and O–H groups in total. The Labute approximate surface area is 156 Å². The highest BCUT2D eigenvalue weighted by Crippen LogP contribution is 2.40. The van der Waals surface area contributed by atoms with Crippen LogP contribution in [-0.4, -0.2) is 17.1 Å². The lowest BCUT2D eigenvalue weighted by Crippen LogP contribution is -2.32. The van der Waals surface area contributed by atoms with Crippen molar-refractivity contribution in [2.75, 3.05) is 10.6 Å². The summed E-state index contributed by atoms with van der Waals surface area (Å²) in [4.78, 5) is 24.8. The molecule has 0 fully saturated rings. The number of amides is 2. The summed E-state index contributed by atoms with van der Waals surface area (Å²) in [7, 11) is 0. The number of fused-ring (bicyclic) bond motifs is 1. The standard InChI is InChI=1S/C17H12ClF3N2O2S/c18-10-2-1-3-11(7-10)22-15(24)8-14-16(25)23-12-6-9(17(19,20)21)4-5-13(12)26-14/h1-7,14H,8H2,(H,22,24)(H,23,25)/t14-/m0/s1.